The van der Waals surface area contributed by atoms with E-state index in [0.717, 1.165) is 18.7 Å². The van der Waals surface area contributed by atoms with Gasteiger partial charge in [-0.1, -0.05) is 0 Å². The molecular weight excluding hydrogens is 711 g/mol. The fraction of sp³-hybridized carbons (Fsp3) is 0.486. The second-order valence-corrected chi connectivity index (χ2v) is 15.2. The Hall–Kier alpha value is -4.96. The summed E-state index contributed by atoms with van der Waals surface area (Å²) < 4.78 is 48.6. The Balaban J connectivity index is 1.64. The van der Waals surface area contributed by atoms with Gasteiger partial charge in [0, 0.05) is 30.7 Å². The smallest absolute Gasteiger partial charge is 0.411 e. The van der Waals surface area contributed by atoms with E-state index < -0.39 is 40.7 Å². The molecule has 288 valence electrons. The number of nitrogens with zero attached hydrogens (tertiary/aromatic N) is 2. The maximum atomic E-state index is 15.0. The zero-order valence-corrected chi connectivity index (χ0v) is 32.1. The van der Waals surface area contributed by atoms with Crippen molar-refractivity contribution in [2.75, 3.05) is 45.3 Å². The van der Waals surface area contributed by atoms with Crippen LogP contribution in [-0.2, 0) is 35.7 Å². The summed E-state index contributed by atoms with van der Waals surface area (Å²) in [5.41, 5.74) is -1.57. The van der Waals surface area contributed by atoms with E-state index >= 15 is 0 Å². The van der Waals surface area contributed by atoms with Gasteiger partial charge in [0.25, 0.3) is 0 Å². The number of rotatable bonds is 13. The number of nitrogens with one attached hydrogen (secondary N) is 2. The number of hydrogen-bond donors (Lipinski definition) is 2. The third kappa shape index (κ3) is 11.5. The first-order valence-electron chi connectivity index (χ1n) is 17.0. The van der Waals surface area contributed by atoms with Crippen molar-refractivity contribution in [1.29, 1.82) is 0 Å². The first kappa shape index (κ1) is 40.8. The van der Waals surface area contributed by atoms with Crippen molar-refractivity contribution in [3.05, 3.63) is 64.4 Å². The summed E-state index contributed by atoms with van der Waals surface area (Å²) >= 11 is 1.26. The maximum absolute atomic E-state index is 15.0. The highest BCUT2D eigenvalue weighted by Crippen LogP contribution is 2.45. The number of alkyl carbamates (subject to hydrolysis) is 1. The number of hydrogen-bond acceptors (Lipinski definition) is 12. The Morgan fingerprint density at radius 3 is 2.36 bits per heavy atom. The topological polar surface area (TPSA) is 164 Å². The van der Waals surface area contributed by atoms with Crippen LogP contribution in [0.15, 0.2) is 41.9 Å². The predicted octanol–water partition coefficient (Wildman–Crippen LogP) is 6.82. The molecule has 4 rings (SSSR count). The van der Waals surface area contributed by atoms with Crippen LogP contribution >= 0.6 is 11.3 Å². The molecule has 16 heteroatoms. The number of carbonyl (C=O) groups is 4. The van der Waals surface area contributed by atoms with Crippen molar-refractivity contribution in [1.82, 2.24) is 15.2 Å². The molecule has 2 heterocycles. The number of anilines is 1. The summed E-state index contributed by atoms with van der Waals surface area (Å²) in [6.45, 7) is 13.2. The van der Waals surface area contributed by atoms with Crippen molar-refractivity contribution in [3.63, 3.8) is 0 Å². The highest BCUT2D eigenvalue weighted by atomic mass is 32.1. The van der Waals surface area contributed by atoms with Gasteiger partial charge in [-0.2, -0.15) is 0 Å². The lowest BCUT2D eigenvalue weighted by atomic mass is 9.79. The van der Waals surface area contributed by atoms with Crippen molar-refractivity contribution in [2.24, 2.45) is 0 Å². The quantitative estimate of drug-likeness (QED) is 0.107. The lowest BCUT2D eigenvalue weighted by Crippen LogP contribution is -2.54. The van der Waals surface area contributed by atoms with Crippen molar-refractivity contribution in [3.8, 4) is 17.2 Å². The van der Waals surface area contributed by atoms with Crippen LogP contribution in [0, 0.1) is 5.82 Å². The molecule has 1 aliphatic heterocycles. The summed E-state index contributed by atoms with van der Waals surface area (Å²) in [6.07, 6.45) is 0.648. The molecule has 0 bridgehead atoms. The second-order valence-electron chi connectivity index (χ2n) is 14.3. The average Bonchev–Trinajstić information content (AvgIpc) is 3.55. The normalized spacial score (nSPS) is 15.5. The summed E-state index contributed by atoms with van der Waals surface area (Å²) in [5.74, 6) is -1.60. The third-order valence-electron chi connectivity index (χ3n) is 7.72. The number of amides is 3. The monoisotopic (exact) mass is 758 g/mol. The zero-order valence-electron chi connectivity index (χ0n) is 31.3. The van der Waals surface area contributed by atoms with Crippen LogP contribution in [0.3, 0.4) is 0 Å². The molecule has 1 aromatic heterocycles. The number of ether oxygens (including phenoxy) is 6. The number of aromatic nitrogens is 1. The molecular formula is C37H47FN4O10S. The number of methoxy groups -OCH3 is 1. The number of esters is 1. The van der Waals surface area contributed by atoms with E-state index in [1.165, 1.54) is 28.4 Å². The minimum atomic E-state index is -1.24. The minimum Gasteiger partial charge on any atom is -0.487 e. The van der Waals surface area contributed by atoms with Gasteiger partial charge < -0.3 is 39.1 Å². The van der Waals surface area contributed by atoms with Gasteiger partial charge in [-0.15, -0.1) is 11.3 Å². The lowest BCUT2D eigenvalue weighted by Gasteiger charge is -2.46. The molecule has 0 fully saturated rings. The van der Waals surface area contributed by atoms with Crippen molar-refractivity contribution in [2.45, 2.75) is 78.0 Å². The van der Waals surface area contributed by atoms with Crippen LogP contribution in [0.4, 0.5) is 19.1 Å². The number of halogens is 1. The Kier molecular flexibility index (Phi) is 13.3. The number of fused-ring (bicyclic) bond motifs is 1. The Bertz CT molecular complexity index is 1770. The van der Waals surface area contributed by atoms with Gasteiger partial charge >= 0.3 is 18.2 Å². The van der Waals surface area contributed by atoms with Crippen LogP contribution in [0.25, 0.3) is 0 Å². The molecule has 3 aromatic rings. The largest absolute Gasteiger partial charge is 0.487 e. The molecule has 0 radical (unpaired) electrons. The van der Waals surface area contributed by atoms with E-state index in [9.17, 15) is 23.6 Å². The molecule has 53 heavy (non-hydrogen) atoms. The molecule has 1 atom stereocenters. The zero-order chi connectivity index (χ0) is 39.0. The van der Waals surface area contributed by atoms with Gasteiger partial charge in [-0.3, -0.25) is 9.69 Å². The van der Waals surface area contributed by atoms with Crippen LogP contribution < -0.4 is 20.1 Å². The molecule has 2 aromatic carbocycles. The highest BCUT2D eigenvalue weighted by Gasteiger charge is 2.45. The summed E-state index contributed by atoms with van der Waals surface area (Å²) in [6, 6.07) is 7.12. The number of benzene rings is 2. The van der Waals surface area contributed by atoms with E-state index in [-0.39, 0.29) is 68.1 Å². The molecule has 0 saturated carbocycles. The Morgan fingerprint density at radius 1 is 0.981 bits per heavy atom. The second kappa shape index (κ2) is 17.2. The number of carbonyl (C=O) groups excluding carboxylic acids is 4. The molecule has 2 N–H and O–H groups in total. The molecule has 3 amide bonds. The first-order valence-corrected chi connectivity index (χ1v) is 17.9. The maximum Gasteiger partial charge on any atom is 0.411 e. The molecule has 0 spiro atoms. The lowest BCUT2D eigenvalue weighted by molar-refractivity contribution is -0.119. The molecule has 14 nitrogen and oxygen atoms in total. The fourth-order valence-electron chi connectivity index (χ4n) is 5.50. The van der Waals surface area contributed by atoms with Crippen molar-refractivity contribution >= 4 is 40.5 Å². The predicted molar refractivity (Wildman–Crippen MR) is 194 cm³/mol. The molecule has 0 saturated heterocycles. The van der Waals surface area contributed by atoms with Gasteiger partial charge in [0.2, 0.25) is 5.91 Å². The van der Waals surface area contributed by atoms with Crippen molar-refractivity contribution < 1.29 is 52.0 Å². The molecule has 1 aliphatic rings. The van der Waals surface area contributed by atoms with E-state index in [2.05, 4.69) is 20.4 Å². The van der Waals surface area contributed by atoms with Gasteiger partial charge in [0.15, 0.2) is 16.6 Å². The standard InChI is InChI=1S/C37H47FN4O10S/c1-35(2,3)51-33(45)40-12-15-48-16-17-49-28-19-23-11-14-42(34(46)52-36(4,5)6)37(7,22-30(43)41-32-39-13-18-53-32)26(23)21-29(28)50-24-9-10-25(27(38)20-24)31(44)47-8/h9-10,13,18-21H,11-12,14-17,22H2,1-8H3,(H,40,45)(H,39,41,43)/t37-/m1/s1. The van der Waals surface area contributed by atoms with Gasteiger partial charge in [-0.25, -0.2) is 23.8 Å². The Morgan fingerprint density at radius 2 is 1.72 bits per heavy atom. The number of thiazole rings is 1. The third-order valence-corrected chi connectivity index (χ3v) is 8.41. The summed E-state index contributed by atoms with van der Waals surface area (Å²) in [4.78, 5) is 56.7. The highest BCUT2D eigenvalue weighted by molar-refractivity contribution is 7.13. The fourth-order valence-corrected chi connectivity index (χ4v) is 6.05. The SMILES string of the molecule is COC(=O)c1ccc(Oc2cc3c(cc2OCCOCCNC(=O)OC(C)(C)C)CCN(C(=O)OC(C)(C)C)[C@]3(C)CC(=O)Nc2nccs2)cc1F. The van der Waals surface area contributed by atoms with E-state index in [4.69, 9.17) is 23.7 Å². The van der Waals surface area contributed by atoms with Gasteiger partial charge in [-0.05, 0) is 90.3 Å². The van der Waals surface area contributed by atoms with E-state index in [0.29, 0.717) is 17.1 Å². The Labute approximate surface area is 312 Å². The average molecular weight is 759 g/mol. The van der Waals surface area contributed by atoms with E-state index in [1.54, 1.807) is 72.2 Å². The minimum absolute atomic E-state index is 0.0486. The molecule has 0 aliphatic carbocycles. The van der Waals surface area contributed by atoms with Gasteiger partial charge in [0.05, 0.1) is 37.8 Å². The molecule has 0 unspecified atom stereocenters. The summed E-state index contributed by atoms with van der Waals surface area (Å²) in [5, 5.41) is 7.56. The van der Waals surface area contributed by atoms with Gasteiger partial charge in [0.1, 0.15) is 29.4 Å². The van der Waals surface area contributed by atoms with Crippen LogP contribution in [0.1, 0.15) is 76.4 Å². The van der Waals surface area contributed by atoms with Crippen LogP contribution in [0.5, 0.6) is 17.2 Å². The first-order chi connectivity index (χ1) is 24.9. The van der Waals surface area contributed by atoms with Crippen LogP contribution in [-0.4, -0.2) is 85.2 Å². The van der Waals surface area contributed by atoms with Crippen LogP contribution in [0.2, 0.25) is 0 Å². The van der Waals surface area contributed by atoms with E-state index in [1.807, 2.05) is 0 Å². The summed E-state index contributed by atoms with van der Waals surface area (Å²) in [7, 11) is 1.15.